The van der Waals surface area contributed by atoms with E-state index >= 15 is 0 Å². The Labute approximate surface area is 163 Å². The number of aliphatic hydroxyl groups is 1. The summed E-state index contributed by atoms with van der Waals surface area (Å²) >= 11 is 0. The fourth-order valence-electron chi connectivity index (χ4n) is 8.21. The number of esters is 1. The van der Waals surface area contributed by atoms with Gasteiger partial charge in [-0.25, -0.2) is 0 Å². The molecular formula is C23H36O4. The maximum atomic E-state index is 13.5. The second-order valence-electron chi connectivity index (χ2n) is 10.6. The second kappa shape index (κ2) is 6.57. The number of rotatable bonds is 2. The van der Waals surface area contributed by atoms with Gasteiger partial charge in [-0.1, -0.05) is 13.8 Å². The van der Waals surface area contributed by atoms with Crippen molar-refractivity contribution in [3.63, 3.8) is 0 Å². The van der Waals surface area contributed by atoms with Crippen LogP contribution in [0.3, 0.4) is 0 Å². The lowest BCUT2D eigenvalue weighted by molar-refractivity contribution is -0.170. The first kappa shape index (κ1) is 19.4. The topological polar surface area (TPSA) is 63.6 Å². The van der Waals surface area contributed by atoms with Crippen LogP contribution in [0.4, 0.5) is 0 Å². The molecule has 27 heavy (non-hydrogen) atoms. The molecule has 4 fully saturated rings. The van der Waals surface area contributed by atoms with Crippen LogP contribution < -0.4 is 0 Å². The summed E-state index contributed by atoms with van der Waals surface area (Å²) in [7, 11) is 0. The van der Waals surface area contributed by atoms with Crippen molar-refractivity contribution in [2.75, 3.05) is 0 Å². The summed E-state index contributed by atoms with van der Waals surface area (Å²) in [6, 6.07) is 0. The maximum Gasteiger partial charge on any atom is 0.302 e. The lowest BCUT2D eigenvalue weighted by Gasteiger charge is -2.60. The van der Waals surface area contributed by atoms with E-state index in [1.165, 1.54) is 6.92 Å². The quantitative estimate of drug-likeness (QED) is 0.736. The first-order valence-corrected chi connectivity index (χ1v) is 11.0. The molecule has 4 aliphatic carbocycles. The van der Waals surface area contributed by atoms with Crippen LogP contribution in [0.15, 0.2) is 0 Å². The van der Waals surface area contributed by atoms with E-state index in [-0.39, 0.29) is 40.8 Å². The van der Waals surface area contributed by atoms with Crippen molar-refractivity contribution in [1.29, 1.82) is 0 Å². The Morgan fingerprint density at radius 2 is 1.89 bits per heavy atom. The van der Waals surface area contributed by atoms with Crippen LogP contribution in [0.2, 0.25) is 0 Å². The molecule has 0 aromatic carbocycles. The Balaban J connectivity index is 1.59. The average molecular weight is 377 g/mol. The van der Waals surface area contributed by atoms with E-state index < -0.39 is 0 Å². The molecular weight excluding hydrogens is 340 g/mol. The van der Waals surface area contributed by atoms with E-state index in [0.717, 1.165) is 44.9 Å². The summed E-state index contributed by atoms with van der Waals surface area (Å²) in [5.41, 5.74) is 0.0332. The highest BCUT2D eigenvalue weighted by Crippen LogP contribution is 2.66. The highest BCUT2D eigenvalue weighted by atomic mass is 16.5. The second-order valence-corrected chi connectivity index (χ2v) is 10.6. The van der Waals surface area contributed by atoms with E-state index in [1.54, 1.807) is 0 Å². The molecule has 9 atom stereocenters. The predicted octanol–water partition coefficient (Wildman–Crippen LogP) is 4.14. The Kier molecular flexibility index (Phi) is 4.73. The third kappa shape index (κ3) is 2.89. The van der Waals surface area contributed by atoms with Gasteiger partial charge in [-0.15, -0.1) is 0 Å². The number of Topliss-reactive ketones (excluding diaryl/α,β-unsaturated/α-hetero) is 1. The van der Waals surface area contributed by atoms with Crippen LogP contribution in [0.25, 0.3) is 0 Å². The number of ether oxygens (including phenoxy) is 1. The number of hydrogen-bond acceptors (Lipinski definition) is 4. The molecule has 4 nitrogen and oxygen atoms in total. The molecule has 4 heteroatoms. The standard InChI is InChI=1S/C23H36O4/c1-13(24)18-7-8-19-17-6-5-15-11-16(27-14(2)25)9-10-22(15,3)21(17)20(26)12-23(18,19)4/h13,15-19,21,24H,5-12H2,1-4H3/t13?,15?,16?,17-,18+,19-,21+,22-,23+/m0/s1. The Bertz CT molecular complexity index is 628. The number of hydrogen-bond donors (Lipinski definition) is 1. The van der Waals surface area contributed by atoms with Crippen LogP contribution in [0.1, 0.15) is 79.1 Å². The molecule has 0 spiro atoms. The summed E-state index contributed by atoms with van der Waals surface area (Å²) in [6.45, 7) is 8.03. The maximum absolute atomic E-state index is 13.5. The van der Waals surface area contributed by atoms with Crippen LogP contribution in [-0.4, -0.2) is 29.1 Å². The van der Waals surface area contributed by atoms with Crippen molar-refractivity contribution >= 4 is 11.8 Å². The molecule has 0 aliphatic heterocycles. The number of ketones is 1. The molecule has 0 heterocycles. The van der Waals surface area contributed by atoms with E-state index in [4.69, 9.17) is 4.74 Å². The van der Waals surface area contributed by atoms with Gasteiger partial charge in [-0.05, 0) is 86.4 Å². The zero-order chi connectivity index (χ0) is 19.6. The van der Waals surface area contributed by atoms with Crippen molar-refractivity contribution in [3.05, 3.63) is 0 Å². The third-order valence-electron chi connectivity index (χ3n) is 9.29. The molecule has 152 valence electrons. The van der Waals surface area contributed by atoms with Crippen LogP contribution in [0.5, 0.6) is 0 Å². The number of carbonyl (C=O) groups excluding carboxylic acids is 2. The minimum Gasteiger partial charge on any atom is -0.463 e. The molecule has 1 N–H and O–H groups in total. The summed E-state index contributed by atoms with van der Waals surface area (Å²) in [4.78, 5) is 24.9. The highest BCUT2D eigenvalue weighted by molar-refractivity contribution is 5.84. The summed E-state index contributed by atoms with van der Waals surface area (Å²) in [6.07, 6.45) is 7.65. The van der Waals surface area contributed by atoms with Crippen molar-refractivity contribution in [2.45, 2.75) is 91.3 Å². The minimum atomic E-state index is -0.324. The molecule has 0 amide bonds. The van der Waals surface area contributed by atoms with Gasteiger partial charge in [-0.3, -0.25) is 9.59 Å². The lowest BCUT2D eigenvalue weighted by Crippen LogP contribution is -2.58. The van der Waals surface area contributed by atoms with Crippen LogP contribution in [0, 0.1) is 40.4 Å². The average Bonchev–Trinajstić information content (AvgIpc) is 2.91. The van der Waals surface area contributed by atoms with Crippen molar-refractivity contribution in [3.8, 4) is 0 Å². The van der Waals surface area contributed by atoms with Crippen LogP contribution >= 0.6 is 0 Å². The Morgan fingerprint density at radius 3 is 2.56 bits per heavy atom. The van der Waals surface area contributed by atoms with Crippen molar-refractivity contribution in [1.82, 2.24) is 0 Å². The molecule has 0 radical (unpaired) electrons. The summed E-state index contributed by atoms with van der Waals surface area (Å²) in [5, 5.41) is 10.3. The van der Waals surface area contributed by atoms with Gasteiger partial charge in [0.1, 0.15) is 11.9 Å². The first-order chi connectivity index (χ1) is 12.7. The summed E-state index contributed by atoms with van der Waals surface area (Å²) in [5.74, 6) is 2.23. The van der Waals surface area contributed by atoms with Gasteiger partial charge < -0.3 is 9.84 Å². The van der Waals surface area contributed by atoms with Gasteiger partial charge in [0.05, 0.1) is 6.10 Å². The third-order valence-corrected chi connectivity index (χ3v) is 9.29. The minimum absolute atomic E-state index is 0.0233. The van der Waals surface area contributed by atoms with Gasteiger partial charge in [0.25, 0.3) is 0 Å². The first-order valence-electron chi connectivity index (χ1n) is 11.0. The van der Waals surface area contributed by atoms with Crippen LogP contribution in [-0.2, 0) is 14.3 Å². The molecule has 4 saturated carbocycles. The fourth-order valence-corrected chi connectivity index (χ4v) is 8.21. The number of aliphatic hydroxyl groups excluding tert-OH is 1. The predicted molar refractivity (Wildman–Crippen MR) is 103 cm³/mol. The SMILES string of the molecule is CC(=O)OC1CC[C@@]2(C)C(CC[C@H]3[C@@H]4CC[C@H](C(C)O)[C@@]4(C)CC(=O)[C@@H]32)C1. The molecule has 0 saturated heterocycles. The summed E-state index contributed by atoms with van der Waals surface area (Å²) < 4.78 is 5.52. The number of fused-ring (bicyclic) bond motifs is 5. The lowest BCUT2D eigenvalue weighted by atomic mass is 9.44. The largest absolute Gasteiger partial charge is 0.463 e. The Morgan fingerprint density at radius 1 is 1.15 bits per heavy atom. The molecule has 0 aromatic rings. The van der Waals surface area contributed by atoms with Gasteiger partial charge >= 0.3 is 5.97 Å². The smallest absolute Gasteiger partial charge is 0.302 e. The zero-order valence-corrected chi connectivity index (χ0v) is 17.4. The van der Waals surface area contributed by atoms with Crippen molar-refractivity contribution in [2.24, 2.45) is 40.4 Å². The van der Waals surface area contributed by atoms with E-state index in [1.807, 2.05) is 6.92 Å². The molecule has 4 rings (SSSR count). The number of carbonyl (C=O) groups is 2. The monoisotopic (exact) mass is 376 g/mol. The van der Waals surface area contributed by atoms with E-state index in [9.17, 15) is 14.7 Å². The van der Waals surface area contributed by atoms with Crippen molar-refractivity contribution < 1.29 is 19.4 Å². The van der Waals surface area contributed by atoms with Gasteiger partial charge in [-0.2, -0.15) is 0 Å². The van der Waals surface area contributed by atoms with Gasteiger partial charge in [0.2, 0.25) is 0 Å². The highest BCUT2D eigenvalue weighted by Gasteiger charge is 2.63. The molecule has 4 aliphatic rings. The normalized spacial score (nSPS) is 50.3. The van der Waals surface area contributed by atoms with Gasteiger partial charge in [0, 0.05) is 19.3 Å². The Hall–Kier alpha value is -0.900. The molecule has 0 bridgehead atoms. The van der Waals surface area contributed by atoms with E-state index in [2.05, 4.69) is 13.8 Å². The van der Waals surface area contributed by atoms with Gasteiger partial charge in [0.15, 0.2) is 0 Å². The molecule has 0 aromatic heterocycles. The zero-order valence-electron chi connectivity index (χ0n) is 17.4. The fraction of sp³-hybridized carbons (Fsp3) is 0.913. The van der Waals surface area contributed by atoms with E-state index in [0.29, 0.717) is 30.0 Å². The molecule has 3 unspecified atom stereocenters.